The minimum Gasteiger partial charge on any atom is -0.337 e. The van der Waals surface area contributed by atoms with Gasteiger partial charge in [-0.15, -0.1) is 12.2 Å². The van der Waals surface area contributed by atoms with Crippen LogP contribution in [0.25, 0.3) is 0 Å². The molecule has 1 aliphatic rings. The number of nitrogens with zero attached hydrogens (tertiary/aromatic N) is 1. The predicted molar refractivity (Wildman–Crippen MR) is 49.5 cm³/mol. The smallest absolute Gasteiger partial charge is 0 e. The zero-order valence-corrected chi connectivity index (χ0v) is 9.02. The van der Waals surface area contributed by atoms with Crippen LogP contribution in [-0.4, -0.2) is 6.21 Å². The van der Waals surface area contributed by atoms with E-state index in [2.05, 4.69) is 37.9 Å². The van der Waals surface area contributed by atoms with Gasteiger partial charge < -0.3 is 4.99 Å². The fraction of sp³-hybridized carbons (Fsp3) is 0.400. The van der Waals surface area contributed by atoms with E-state index in [0.717, 1.165) is 5.70 Å². The Kier molecular flexibility index (Phi) is 5.05. The normalized spacial score (nSPS) is 15.7. The Bertz CT molecular complexity index is 214. The van der Waals surface area contributed by atoms with Crippen LogP contribution in [0.4, 0.5) is 0 Å². The third-order valence-corrected chi connectivity index (χ3v) is 1.64. The summed E-state index contributed by atoms with van der Waals surface area (Å²) in [7, 11) is 0. The van der Waals surface area contributed by atoms with Crippen LogP contribution in [0.15, 0.2) is 28.9 Å². The van der Waals surface area contributed by atoms with Crippen molar-refractivity contribution in [2.24, 2.45) is 10.9 Å². The molecule has 0 fully saturated rings. The van der Waals surface area contributed by atoms with E-state index in [9.17, 15) is 0 Å². The second-order valence-corrected chi connectivity index (χ2v) is 3.11. The molecule has 0 atom stereocenters. The molecule has 66 valence electrons. The van der Waals surface area contributed by atoms with Crippen LogP contribution >= 0.6 is 0 Å². The van der Waals surface area contributed by atoms with Gasteiger partial charge in [-0.25, -0.2) is 0 Å². The Hall–Kier alpha value is -0.448. The Morgan fingerprint density at radius 1 is 1.42 bits per heavy atom. The van der Waals surface area contributed by atoms with Gasteiger partial charge in [-0.05, 0) is 12.1 Å². The van der Waals surface area contributed by atoms with E-state index in [1.807, 2.05) is 12.3 Å². The van der Waals surface area contributed by atoms with Crippen molar-refractivity contribution in [3.8, 4) is 0 Å². The van der Waals surface area contributed by atoms with Crippen LogP contribution < -0.4 is 0 Å². The minimum atomic E-state index is 0. The van der Waals surface area contributed by atoms with Crippen molar-refractivity contribution >= 4 is 6.21 Å². The minimum absolute atomic E-state index is 0. The molecular weight excluding hydrogens is 186 g/mol. The summed E-state index contributed by atoms with van der Waals surface area (Å²) in [4.78, 5) is 4.30. The van der Waals surface area contributed by atoms with E-state index >= 15 is 0 Å². The predicted octanol–water partition coefficient (Wildman–Crippen LogP) is 2.76. The molecule has 0 spiro atoms. The van der Waals surface area contributed by atoms with Crippen molar-refractivity contribution in [2.45, 2.75) is 20.8 Å². The molecule has 1 rings (SSSR count). The van der Waals surface area contributed by atoms with Gasteiger partial charge in [0.2, 0.25) is 0 Å². The first-order valence-corrected chi connectivity index (χ1v) is 3.96. The zero-order valence-electron chi connectivity index (χ0n) is 7.74. The SMILES string of the molecule is C[C-]1C=CC=NC(C(C)C)=C1.[Cr]. The van der Waals surface area contributed by atoms with Crippen molar-refractivity contribution in [3.63, 3.8) is 0 Å². The first kappa shape index (κ1) is 11.6. The van der Waals surface area contributed by atoms with Gasteiger partial charge in [0.1, 0.15) is 0 Å². The van der Waals surface area contributed by atoms with Crippen molar-refractivity contribution < 1.29 is 17.4 Å². The molecule has 0 saturated heterocycles. The van der Waals surface area contributed by atoms with Crippen molar-refractivity contribution in [1.82, 2.24) is 0 Å². The summed E-state index contributed by atoms with van der Waals surface area (Å²) >= 11 is 0. The van der Waals surface area contributed by atoms with Crippen LogP contribution in [0.2, 0.25) is 0 Å². The van der Waals surface area contributed by atoms with Crippen LogP contribution in [0.5, 0.6) is 0 Å². The van der Waals surface area contributed by atoms with Crippen molar-refractivity contribution in [3.05, 3.63) is 29.8 Å². The molecule has 0 unspecified atom stereocenters. The maximum atomic E-state index is 4.30. The second-order valence-electron chi connectivity index (χ2n) is 3.11. The summed E-state index contributed by atoms with van der Waals surface area (Å²) in [5.41, 5.74) is 1.16. The van der Waals surface area contributed by atoms with Crippen LogP contribution in [-0.2, 0) is 17.4 Å². The average molecular weight is 200 g/mol. The van der Waals surface area contributed by atoms with Gasteiger partial charge >= 0.3 is 0 Å². The molecule has 1 aliphatic heterocycles. The zero-order chi connectivity index (χ0) is 8.27. The van der Waals surface area contributed by atoms with E-state index in [0.29, 0.717) is 5.92 Å². The van der Waals surface area contributed by atoms with E-state index in [-0.39, 0.29) is 17.4 Å². The average Bonchev–Trinajstić information content (AvgIpc) is 2.13. The molecule has 1 heterocycles. The van der Waals surface area contributed by atoms with E-state index in [1.165, 1.54) is 5.92 Å². The summed E-state index contributed by atoms with van der Waals surface area (Å²) in [5, 5.41) is 0. The Morgan fingerprint density at radius 2 is 2.08 bits per heavy atom. The molecule has 1 nitrogen and oxygen atoms in total. The molecule has 0 saturated carbocycles. The molecule has 0 N–H and O–H groups in total. The third-order valence-electron chi connectivity index (χ3n) is 1.64. The Balaban J connectivity index is 0.00000121. The van der Waals surface area contributed by atoms with Gasteiger partial charge in [0.25, 0.3) is 0 Å². The molecule has 0 amide bonds. The van der Waals surface area contributed by atoms with E-state index in [1.54, 1.807) is 0 Å². The molecule has 0 bridgehead atoms. The number of hydrogen-bond acceptors (Lipinski definition) is 1. The van der Waals surface area contributed by atoms with E-state index < -0.39 is 0 Å². The van der Waals surface area contributed by atoms with Gasteiger partial charge in [0.15, 0.2) is 0 Å². The van der Waals surface area contributed by atoms with Crippen LogP contribution in [0, 0.1) is 11.8 Å². The molecule has 0 aromatic rings. The molecule has 0 radical (unpaired) electrons. The standard InChI is InChI=1S/C10H14N.Cr/c1-8(2)10-7-9(3)5-4-6-11-10;/h4-8H,1-3H3;/q-1;. The third kappa shape index (κ3) is 3.30. The van der Waals surface area contributed by atoms with Gasteiger partial charge in [-0.3, -0.25) is 0 Å². The van der Waals surface area contributed by atoms with Gasteiger partial charge in [-0.1, -0.05) is 26.5 Å². The summed E-state index contributed by atoms with van der Waals surface area (Å²) < 4.78 is 0. The maximum absolute atomic E-state index is 4.30. The molecule has 0 aromatic carbocycles. The molecule has 2 heteroatoms. The number of hydrogen-bond donors (Lipinski definition) is 0. The first-order valence-electron chi connectivity index (χ1n) is 3.96. The first-order chi connectivity index (χ1) is 5.20. The molecule has 0 aromatic heterocycles. The fourth-order valence-electron chi connectivity index (χ4n) is 0.958. The van der Waals surface area contributed by atoms with Crippen molar-refractivity contribution in [1.29, 1.82) is 0 Å². The quantitative estimate of drug-likeness (QED) is 0.577. The number of rotatable bonds is 1. The Labute approximate surface area is 85.4 Å². The Morgan fingerprint density at radius 3 is 2.67 bits per heavy atom. The van der Waals surface area contributed by atoms with Crippen molar-refractivity contribution in [2.75, 3.05) is 0 Å². The topological polar surface area (TPSA) is 12.4 Å². The molecule has 12 heavy (non-hydrogen) atoms. The van der Waals surface area contributed by atoms with E-state index in [4.69, 9.17) is 0 Å². The molecular formula is C10H14CrN-. The summed E-state index contributed by atoms with van der Waals surface area (Å²) in [6.45, 7) is 6.40. The van der Waals surface area contributed by atoms with Gasteiger partial charge in [0, 0.05) is 17.4 Å². The van der Waals surface area contributed by atoms with Gasteiger partial charge in [-0.2, -0.15) is 12.0 Å². The van der Waals surface area contributed by atoms with Crippen LogP contribution in [0.3, 0.4) is 0 Å². The second kappa shape index (κ2) is 5.24. The monoisotopic (exact) mass is 200 g/mol. The number of allylic oxidation sites excluding steroid dienone is 4. The summed E-state index contributed by atoms with van der Waals surface area (Å²) in [6.07, 6.45) is 8.02. The number of aliphatic imine (C=N–C) groups is 1. The maximum Gasteiger partial charge on any atom is 0 e. The van der Waals surface area contributed by atoms with Crippen LogP contribution in [0.1, 0.15) is 20.8 Å². The van der Waals surface area contributed by atoms with Gasteiger partial charge in [0.05, 0.1) is 0 Å². The summed E-state index contributed by atoms with van der Waals surface area (Å²) in [5.74, 6) is 1.78. The largest absolute Gasteiger partial charge is 0.337 e. The summed E-state index contributed by atoms with van der Waals surface area (Å²) in [6, 6.07) is 0. The fourth-order valence-corrected chi connectivity index (χ4v) is 0.958. The molecule has 0 aliphatic carbocycles.